The van der Waals surface area contributed by atoms with Crippen molar-refractivity contribution in [1.82, 2.24) is 30.0 Å². The van der Waals surface area contributed by atoms with Crippen LogP contribution < -0.4 is 15.4 Å². The van der Waals surface area contributed by atoms with E-state index in [1.807, 2.05) is 56.0 Å². The van der Waals surface area contributed by atoms with Crippen molar-refractivity contribution in [2.24, 2.45) is 21.8 Å². The van der Waals surface area contributed by atoms with Gasteiger partial charge >= 0.3 is 12.2 Å². The van der Waals surface area contributed by atoms with Gasteiger partial charge in [-0.05, 0) is 103 Å². The average Bonchev–Trinajstić information content (AvgIpc) is 4.24. The van der Waals surface area contributed by atoms with Gasteiger partial charge in [-0.15, -0.1) is 11.3 Å². The number of alkyl carbamates (subject to hydrolysis) is 2. The van der Waals surface area contributed by atoms with Crippen molar-refractivity contribution < 1.29 is 37.8 Å². The number of aliphatic imine (C=N–C) groups is 2. The predicted octanol–water partition coefficient (Wildman–Crippen LogP) is 10.0. The first-order valence-corrected chi connectivity index (χ1v) is 26.1. The molecule has 2 N–H and O–H groups in total. The molecule has 3 fully saturated rings. The molecule has 5 aliphatic heterocycles. The molecule has 1 aliphatic carbocycles. The summed E-state index contributed by atoms with van der Waals surface area (Å²) in [6.07, 6.45) is 13.8. The molecule has 4 aromatic rings. The van der Waals surface area contributed by atoms with E-state index in [0.29, 0.717) is 54.4 Å². The third-order valence-corrected chi connectivity index (χ3v) is 16.4. The summed E-state index contributed by atoms with van der Waals surface area (Å²) in [6, 6.07) is 9.95. The highest BCUT2D eigenvalue weighted by atomic mass is 32.1. The number of hydrogen-bond donors (Lipinski definition) is 2. The highest BCUT2D eigenvalue weighted by Gasteiger charge is 2.41. The molecule has 5 atom stereocenters. The van der Waals surface area contributed by atoms with Crippen LogP contribution in [0, 0.1) is 17.7 Å². The van der Waals surface area contributed by atoms with Crippen molar-refractivity contribution in [2.75, 3.05) is 27.3 Å². The lowest BCUT2D eigenvalue weighted by atomic mass is 9.90. The molecular weight excluding hydrogens is 924 g/mol. The largest absolute Gasteiger partial charge is 0.464 e. The van der Waals surface area contributed by atoms with Gasteiger partial charge in [-0.3, -0.25) is 24.1 Å². The van der Waals surface area contributed by atoms with Crippen LogP contribution in [-0.2, 0) is 19.1 Å². The van der Waals surface area contributed by atoms with Crippen LogP contribution in [-0.4, -0.2) is 106 Å². The number of amides is 4. The van der Waals surface area contributed by atoms with Gasteiger partial charge in [0.25, 0.3) is 0 Å². The van der Waals surface area contributed by atoms with E-state index in [-0.39, 0.29) is 35.7 Å². The van der Waals surface area contributed by atoms with E-state index in [1.54, 1.807) is 23.6 Å². The number of methoxy groups -OCH3 is 2. The highest BCUT2D eigenvalue weighted by Crippen LogP contribution is 2.49. The average molecular weight is 987 g/mol. The maximum Gasteiger partial charge on any atom is 0.407 e. The number of benzene rings is 2. The minimum Gasteiger partial charge on any atom is -0.464 e. The molecule has 15 nitrogen and oxygen atoms in total. The highest BCUT2D eigenvalue weighted by molar-refractivity contribution is 7.11. The van der Waals surface area contributed by atoms with Crippen molar-refractivity contribution in [3.8, 4) is 17.0 Å². The molecule has 0 bridgehead atoms. The molecule has 4 amide bonds. The number of ether oxygens (including phenoxy) is 3. The van der Waals surface area contributed by atoms with Crippen molar-refractivity contribution in [2.45, 2.75) is 135 Å². The Morgan fingerprint density at radius 1 is 0.746 bits per heavy atom. The maximum absolute atomic E-state index is 17.1. The number of aromatic nitrogens is 2. The van der Waals surface area contributed by atoms with Crippen LogP contribution in [0.3, 0.4) is 0 Å². The molecule has 10 rings (SSSR count). The number of fused-ring (bicyclic) bond motifs is 5. The number of halogens is 1. The summed E-state index contributed by atoms with van der Waals surface area (Å²) in [5.41, 5.74) is 7.22. The van der Waals surface area contributed by atoms with Gasteiger partial charge in [-0.2, -0.15) is 0 Å². The Balaban J connectivity index is 0.927. The maximum atomic E-state index is 17.1. The van der Waals surface area contributed by atoms with E-state index < -0.39 is 36.3 Å². The van der Waals surface area contributed by atoms with Crippen molar-refractivity contribution >= 4 is 68.8 Å². The van der Waals surface area contributed by atoms with Gasteiger partial charge in [0.05, 0.1) is 53.0 Å². The summed E-state index contributed by atoms with van der Waals surface area (Å²) in [5, 5.41) is 7.49. The SMILES string of the molecule is COC(=O)N[C@H](C(=O)N1CCC[C@H]1C1=NC=C(c2cc(F)c3c(c2)OC(c2cnc(C4CCCCC4)s2)n2c-3cc3cc(C4=CN=C([C@@H]5CCCN5C(=O)[C@@H](NC(=O)OC)C(C)C)C4)ccc32)C1)C(C)C. The Hall–Kier alpha value is -6.36. The lowest BCUT2D eigenvalue weighted by Crippen LogP contribution is -2.53. The number of likely N-dealkylation sites (tertiary alicyclic amines) is 2. The topological polar surface area (TPSA) is 169 Å². The number of carbonyl (C=O) groups excluding carboxylic acids is 4. The van der Waals surface area contributed by atoms with Gasteiger partial charge in [0.1, 0.15) is 23.7 Å². The van der Waals surface area contributed by atoms with Gasteiger partial charge in [0, 0.05) is 67.3 Å². The van der Waals surface area contributed by atoms with Crippen LogP contribution in [0.4, 0.5) is 14.0 Å². The monoisotopic (exact) mass is 986 g/mol. The molecule has 2 aromatic heterocycles. The Kier molecular flexibility index (Phi) is 13.6. The van der Waals surface area contributed by atoms with Crippen molar-refractivity contribution in [1.29, 1.82) is 0 Å². The minimum atomic E-state index is -0.743. The van der Waals surface area contributed by atoms with E-state index >= 15 is 4.39 Å². The Morgan fingerprint density at radius 3 is 1.92 bits per heavy atom. The van der Waals surface area contributed by atoms with Crippen LogP contribution in [0.15, 0.2) is 65.0 Å². The fourth-order valence-electron chi connectivity index (χ4n) is 11.5. The summed E-state index contributed by atoms with van der Waals surface area (Å²) in [5.74, 6) is -0.163. The second-order valence-corrected chi connectivity index (χ2v) is 21.5. The summed E-state index contributed by atoms with van der Waals surface area (Å²) < 4.78 is 35.8. The summed E-state index contributed by atoms with van der Waals surface area (Å²) in [6.45, 7) is 8.74. The van der Waals surface area contributed by atoms with Gasteiger partial charge in [0.2, 0.25) is 18.0 Å². The quantitative estimate of drug-likeness (QED) is 0.141. The summed E-state index contributed by atoms with van der Waals surface area (Å²) in [4.78, 5) is 71.4. The molecule has 71 heavy (non-hydrogen) atoms. The van der Waals surface area contributed by atoms with Crippen LogP contribution in [0.1, 0.15) is 131 Å². The molecule has 2 aromatic carbocycles. The second kappa shape index (κ2) is 20.0. The Morgan fingerprint density at radius 2 is 1.34 bits per heavy atom. The van der Waals surface area contributed by atoms with Crippen LogP contribution in [0.5, 0.6) is 5.75 Å². The molecule has 1 saturated carbocycles. The molecule has 6 aliphatic rings. The smallest absolute Gasteiger partial charge is 0.407 e. The molecular formula is C54H63FN8O7S. The number of nitrogens with zero attached hydrogens (tertiary/aromatic N) is 6. The third-order valence-electron chi connectivity index (χ3n) is 15.2. The molecule has 1 unspecified atom stereocenters. The molecule has 374 valence electrons. The van der Waals surface area contributed by atoms with Gasteiger partial charge in [-0.1, -0.05) is 53.0 Å². The zero-order chi connectivity index (χ0) is 49.7. The number of allylic oxidation sites excluding steroid dienone is 2. The number of hydrogen-bond acceptors (Lipinski definition) is 11. The number of thiazole rings is 1. The third kappa shape index (κ3) is 9.25. The van der Waals surface area contributed by atoms with E-state index in [4.69, 9.17) is 29.2 Å². The van der Waals surface area contributed by atoms with Gasteiger partial charge < -0.3 is 34.6 Å². The second-order valence-electron chi connectivity index (χ2n) is 20.4. The van der Waals surface area contributed by atoms with Crippen LogP contribution in [0.2, 0.25) is 0 Å². The van der Waals surface area contributed by atoms with Crippen LogP contribution in [0.25, 0.3) is 33.3 Å². The number of nitrogens with one attached hydrogen (secondary N) is 2. The normalized spacial score (nSPS) is 21.8. The summed E-state index contributed by atoms with van der Waals surface area (Å²) in [7, 11) is 2.58. The van der Waals surface area contributed by atoms with E-state index in [9.17, 15) is 19.2 Å². The zero-order valence-electron chi connectivity index (χ0n) is 41.3. The molecule has 7 heterocycles. The Labute approximate surface area is 417 Å². The van der Waals surface area contributed by atoms with Crippen LogP contribution >= 0.6 is 11.3 Å². The lowest BCUT2D eigenvalue weighted by molar-refractivity contribution is -0.134. The fourth-order valence-corrected chi connectivity index (χ4v) is 12.6. The fraction of sp³-hybridized carbons (Fsp3) is 0.500. The van der Waals surface area contributed by atoms with Gasteiger partial charge in [0.15, 0.2) is 0 Å². The van der Waals surface area contributed by atoms with Gasteiger partial charge in [-0.25, -0.2) is 19.0 Å². The first-order chi connectivity index (χ1) is 34.3. The van der Waals surface area contributed by atoms with Crippen molar-refractivity contribution in [3.63, 3.8) is 0 Å². The molecule has 2 saturated heterocycles. The molecule has 0 spiro atoms. The predicted molar refractivity (Wildman–Crippen MR) is 272 cm³/mol. The van der Waals surface area contributed by atoms with E-state index in [1.165, 1.54) is 33.5 Å². The standard InChI is InChI=1S/C54H63FN8O7S/c1-29(2)47(59-53(66)68-5)50(64)61-18-10-14-41(61)38-22-35(26-56-38)32-16-17-40-34(20-32)24-43-46-37(55)21-33(25-44(46)70-52(63(40)43)45-28-58-49(71-45)31-12-8-7-9-13-31)36-23-39(57-27-36)42-15-11-19-62(42)51(65)48(30(3)4)60-54(67)69-6/h16-17,20-21,24-31,41-42,47-48,52H,7-15,18-19,22-23H2,1-6H3,(H,59,66)(H,60,67)/t41-,42-,47-,48-,52?/m0/s1. The Bertz CT molecular complexity index is 2890. The van der Waals surface area contributed by atoms with E-state index in [0.717, 1.165) is 87.4 Å². The number of rotatable bonds is 12. The molecule has 17 heteroatoms. The van der Waals surface area contributed by atoms with Crippen molar-refractivity contribution in [3.05, 3.63) is 81.8 Å². The number of carbonyl (C=O) groups is 4. The minimum absolute atomic E-state index is 0.131. The first kappa shape index (κ1) is 48.3. The summed E-state index contributed by atoms with van der Waals surface area (Å²) >= 11 is 1.68. The van der Waals surface area contributed by atoms with E-state index in [2.05, 4.69) is 39.5 Å². The first-order valence-electron chi connectivity index (χ1n) is 25.2. The lowest BCUT2D eigenvalue weighted by Gasteiger charge is -2.31. The molecule has 0 radical (unpaired) electrons. The zero-order valence-corrected chi connectivity index (χ0v) is 42.2.